The van der Waals surface area contributed by atoms with Crippen LogP contribution in [0.2, 0.25) is 0 Å². The lowest BCUT2D eigenvalue weighted by Gasteiger charge is -2.30. The van der Waals surface area contributed by atoms with Crippen molar-refractivity contribution in [3.63, 3.8) is 0 Å². The molecule has 0 amide bonds. The van der Waals surface area contributed by atoms with E-state index in [1.807, 2.05) is 0 Å². The molecule has 3 aromatic carbocycles. The average Bonchev–Trinajstić information content (AvgIpc) is 2.75. The van der Waals surface area contributed by atoms with Gasteiger partial charge in [0.1, 0.15) is 0 Å². The first-order chi connectivity index (χ1) is 13.8. The largest absolute Gasteiger partial charge is 0.371 e. The highest BCUT2D eigenvalue weighted by molar-refractivity contribution is 5.94. The summed E-state index contributed by atoms with van der Waals surface area (Å²) >= 11 is 0. The molecule has 0 aromatic heterocycles. The fraction of sp³-hybridized carbons (Fsp3) is 0.296. The molecule has 0 heterocycles. The molecule has 0 saturated carbocycles. The number of hydrogen-bond acceptors (Lipinski definition) is 1. The molecular weight excluding hydrogens is 338 g/mol. The minimum absolute atomic E-state index is 1.08. The third kappa shape index (κ3) is 4.65. The summed E-state index contributed by atoms with van der Waals surface area (Å²) in [7, 11) is 0. The maximum atomic E-state index is 4.44. The molecule has 0 aliphatic rings. The van der Waals surface area contributed by atoms with Gasteiger partial charge in [-0.15, -0.1) is 0 Å². The van der Waals surface area contributed by atoms with Crippen LogP contribution in [0.1, 0.15) is 45.1 Å². The van der Waals surface area contributed by atoms with Gasteiger partial charge in [0.15, 0.2) is 0 Å². The van der Waals surface area contributed by atoms with Crippen molar-refractivity contribution in [3.05, 3.63) is 85.3 Å². The molecule has 28 heavy (non-hydrogen) atoms. The van der Waals surface area contributed by atoms with Crippen LogP contribution in [0.5, 0.6) is 0 Å². The Hall–Kier alpha value is -2.54. The van der Waals surface area contributed by atoms with Crippen molar-refractivity contribution >= 4 is 5.69 Å². The van der Waals surface area contributed by atoms with Crippen LogP contribution >= 0.6 is 0 Å². The molecule has 1 radical (unpaired) electrons. The predicted octanol–water partition coefficient (Wildman–Crippen LogP) is 7.61. The normalized spacial score (nSPS) is 10.8. The Morgan fingerprint density at radius 3 is 1.75 bits per heavy atom. The molecule has 1 nitrogen and oxygen atoms in total. The van der Waals surface area contributed by atoms with E-state index in [0.29, 0.717) is 0 Å². The van der Waals surface area contributed by atoms with Crippen molar-refractivity contribution < 1.29 is 0 Å². The molecule has 0 atom stereocenters. The molecule has 0 saturated heterocycles. The Kier molecular flexibility index (Phi) is 7.31. The molecule has 1 heteroatoms. The molecule has 0 spiro atoms. The van der Waals surface area contributed by atoms with Gasteiger partial charge in [0.25, 0.3) is 0 Å². The van der Waals surface area contributed by atoms with E-state index < -0.39 is 0 Å². The van der Waals surface area contributed by atoms with E-state index in [4.69, 9.17) is 0 Å². The van der Waals surface area contributed by atoms with E-state index in [1.54, 1.807) is 0 Å². The van der Waals surface area contributed by atoms with Gasteiger partial charge in [0.2, 0.25) is 0 Å². The van der Waals surface area contributed by atoms with Gasteiger partial charge >= 0.3 is 0 Å². The van der Waals surface area contributed by atoms with Crippen molar-refractivity contribution in [1.82, 2.24) is 0 Å². The zero-order chi connectivity index (χ0) is 19.8. The Morgan fingerprint density at radius 2 is 1.21 bits per heavy atom. The summed E-state index contributed by atoms with van der Waals surface area (Å²) in [6.45, 7) is 11.1. The molecule has 0 N–H and O–H groups in total. The summed E-state index contributed by atoms with van der Waals surface area (Å²) in [6, 6.07) is 26.0. The standard InChI is InChI=1S/C27H32N/c1-4-6-20-28(21-7-5-2)27-22(3)18-19-25(23-14-10-8-11-15-23)26(27)24-16-12-9-13-17-24/h8-19H,3-7,20-21H2,1-2H3. The molecule has 0 unspecified atom stereocenters. The Balaban J connectivity index is 2.22. The van der Waals surface area contributed by atoms with Gasteiger partial charge in [-0.3, -0.25) is 0 Å². The minimum atomic E-state index is 1.08. The first kappa shape index (κ1) is 20.2. The molecule has 0 aliphatic carbocycles. The van der Waals surface area contributed by atoms with Gasteiger partial charge in [-0.25, -0.2) is 0 Å². The molecule has 145 valence electrons. The number of rotatable bonds is 9. The SMILES string of the molecule is [CH2]c1ccc(-c2ccccc2)c(-c2ccccc2)c1N(CCCC)CCCC. The smallest absolute Gasteiger partial charge is 0.0484 e. The maximum absolute atomic E-state index is 4.44. The molecule has 0 fully saturated rings. The quantitative estimate of drug-likeness (QED) is 0.374. The minimum Gasteiger partial charge on any atom is -0.371 e. The first-order valence-electron chi connectivity index (χ1n) is 10.6. The van der Waals surface area contributed by atoms with Crippen molar-refractivity contribution in [1.29, 1.82) is 0 Å². The number of unbranched alkanes of at least 4 members (excludes halogenated alkanes) is 2. The summed E-state index contributed by atoms with van der Waals surface area (Å²) in [5.41, 5.74) is 7.53. The lowest BCUT2D eigenvalue weighted by atomic mass is 9.90. The molecule has 0 bridgehead atoms. The van der Waals surface area contributed by atoms with E-state index in [1.165, 1.54) is 53.6 Å². The summed E-state index contributed by atoms with van der Waals surface area (Å²) in [4.78, 5) is 2.57. The number of hydrogen-bond donors (Lipinski definition) is 0. The van der Waals surface area contributed by atoms with Crippen LogP contribution in [0.4, 0.5) is 5.69 Å². The van der Waals surface area contributed by atoms with E-state index >= 15 is 0 Å². The monoisotopic (exact) mass is 370 g/mol. The van der Waals surface area contributed by atoms with E-state index in [0.717, 1.165) is 18.7 Å². The van der Waals surface area contributed by atoms with E-state index in [-0.39, 0.29) is 0 Å². The van der Waals surface area contributed by atoms with Crippen molar-refractivity contribution in [3.8, 4) is 22.3 Å². The maximum Gasteiger partial charge on any atom is 0.0484 e. The fourth-order valence-corrected chi connectivity index (χ4v) is 3.78. The van der Waals surface area contributed by atoms with Gasteiger partial charge in [-0.2, -0.15) is 0 Å². The van der Waals surface area contributed by atoms with Crippen molar-refractivity contribution in [2.75, 3.05) is 18.0 Å². The predicted molar refractivity (Wildman–Crippen MR) is 124 cm³/mol. The summed E-state index contributed by atoms with van der Waals surface area (Å²) < 4.78 is 0. The summed E-state index contributed by atoms with van der Waals surface area (Å²) in [5, 5.41) is 0. The zero-order valence-electron chi connectivity index (χ0n) is 17.3. The molecule has 0 aliphatic heterocycles. The van der Waals surface area contributed by atoms with E-state index in [9.17, 15) is 0 Å². The third-order valence-electron chi connectivity index (χ3n) is 5.29. The lowest BCUT2D eigenvalue weighted by molar-refractivity contribution is 0.678. The highest BCUT2D eigenvalue weighted by atomic mass is 15.1. The van der Waals surface area contributed by atoms with Gasteiger partial charge in [0, 0.05) is 24.3 Å². The Bertz CT molecular complexity index is 844. The van der Waals surface area contributed by atoms with Crippen LogP contribution in [0.25, 0.3) is 22.3 Å². The second kappa shape index (κ2) is 10.1. The lowest BCUT2D eigenvalue weighted by Crippen LogP contribution is -2.27. The molecule has 3 rings (SSSR count). The second-order valence-corrected chi connectivity index (χ2v) is 7.42. The van der Waals surface area contributed by atoms with Crippen molar-refractivity contribution in [2.24, 2.45) is 0 Å². The van der Waals surface area contributed by atoms with Gasteiger partial charge < -0.3 is 4.90 Å². The van der Waals surface area contributed by atoms with Crippen LogP contribution in [-0.4, -0.2) is 13.1 Å². The van der Waals surface area contributed by atoms with Crippen molar-refractivity contribution in [2.45, 2.75) is 39.5 Å². The van der Waals surface area contributed by atoms with Crippen LogP contribution in [-0.2, 0) is 0 Å². The topological polar surface area (TPSA) is 3.24 Å². The summed E-state index contributed by atoms with van der Waals surface area (Å²) in [5.74, 6) is 0. The fourth-order valence-electron chi connectivity index (χ4n) is 3.78. The molecule has 3 aromatic rings. The highest BCUT2D eigenvalue weighted by Crippen LogP contribution is 2.42. The highest BCUT2D eigenvalue weighted by Gasteiger charge is 2.19. The van der Waals surface area contributed by atoms with Crippen LogP contribution in [0.15, 0.2) is 72.8 Å². The zero-order valence-corrected chi connectivity index (χ0v) is 17.3. The first-order valence-corrected chi connectivity index (χ1v) is 10.6. The Labute approximate surface area is 171 Å². The number of benzene rings is 3. The second-order valence-electron chi connectivity index (χ2n) is 7.42. The Morgan fingerprint density at radius 1 is 0.679 bits per heavy atom. The van der Waals surface area contributed by atoms with Gasteiger partial charge in [-0.05, 0) is 42.0 Å². The van der Waals surface area contributed by atoms with Crippen LogP contribution in [0, 0.1) is 6.92 Å². The number of nitrogens with zero attached hydrogens (tertiary/aromatic N) is 1. The molecular formula is C27H32N. The van der Waals surface area contributed by atoms with Crippen LogP contribution in [0.3, 0.4) is 0 Å². The van der Waals surface area contributed by atoms with Gasteiger partial charge in [0.05, 0.1) is 0 Å². The third-order valence-corrected chi connectivity index (χ3v) is 5.29. The number of anilines is 1. The average molecular weight is 371 g/mol. The van der Waals surface area contributed by atoms with E-state index in [2.05, 4.69) is 98.5 Å². The summed E-state index contributed by atoms with van der Waals surface area (Å²) in [6.07, 6.45) is 4.81. The van der Waals surface area contributed by atoms with Crippen LogP contribution < -0.4 is 4.90 Å². The van der Waals surface area contributed by atoms with Gasteiger partial charge in [-0.1, -0.05) is 99.5 Å².